The minimum atomic E-state index is -0.538. The van der Waals surface area contributed by atoms with Crippen molar-refractivity contribution in [1.82, 2.24) is 0 Å². The largest absolute Gasteiger partial charge is 0.481 e. The summed E-state index contributed by atoms with van der Waals surface area (Å²) >= 11 is 0. The fourth-order valence-corrected chi connectivity index (χ4v) is 11.5. The highest BCUT2D eigenvalue weighted by molar-refractivity contribution is 5.76. The highest BCUT2D eigenvalue weighted by Gasteiger charge is 2.71. The van der Waals surface area contributed by atoms with Crippen molar-refractivity contribution >= 4 is 5.97 Å². The molecule has 5 aliphatic carbocycles. The van der Waals surface area contributed by atoms with Crippen molar-refractivity contribution in [2.75, 3.05) is 0 Å². The van der Waals surface area contributed by atoms with Gasteiger partial charge in [0.05, 0.1) is 11.5 Å². The van der Waals surface area contributed by atoms with E-state index in [0.29, 0.717) is 23.7 Å². The lowest BCUT2D eigenvalue weighted by Gasteiger charge is -2.72. The Balaban J connectivity index is 1.57. The quantitative estimate of drug-likeness (QED) is 0.436. The summed E-state index contributed by atoms with van der Waals surface area (Å²) in [5.41, 5.74) is 1.35. The summed E-state index contributed by atoms with van der Waals surface area (Å²) in [6, 6.07) is 0. The zero-order valence-electron chi connectivity index (χ0n) is 22.0. The zero-order valence-corrected chi connectivity index (χ0v) is 22.0. The molecule has 0 saturated heterocycles. The normalized spacial score (nSPS) is 55.0. The molecule has 0 heterocycles. The second-order valence-electron chi connectivity index (χ2n) is 14.5. The van der Waals surface area contributed by atoms with Gasteiger partial charge < -0.3 is 10.2 Å². The van der Waals surface area contributed by atoms with Crippen LogP contribution in [0.3, 0.4) is 0 Å². The number of hydrogen-bond acceptors (Lipinski definition) is 2. The number of aliphatic hydroxyl groups excluding tert-OH is 1. The topological polar surface area (TPSA) is 57.5 Å². The van der Waals surface area contributed by atoms with Crippen LogP contribution in [-0.4, -0.2) is 22.3 Å². The number of hydrogen-bond donors (Lipinski definition) is 2. The molecule has 5 saturated carbocycles. The van der Waals surface area contributed by atoms with E-state index in [9.17, 15) is 15.0 Å². The maximum Gasteiger partial charge on any atom is 0.309 e. The van der Waals surface area contributed by atoms with E-state index in [1.54, 1.807) is 0 Å². The Hall–Kier alpha value is -0.830. The van der Waals surface area contributed by atoms with Crippen molar-refractivity contribution in [3.63, 3.8) is 0 Å². The maximum atomic E-state index is 12.8. The van der Waals surface area contributed by atoms with Gasteiger partial charge >= 0.3 is 5.97 Å². The van der Waals surface area contributed by atoms with E-state index in [1.165, 1.54) is 31.3 Å². The summed E-state index contributed by atoms with van der Waals surface area (Å²) in [6.07, 6.45) is 10.5. The minimum absolute atomic E-state index is 0.0202. The summed E-state index contributed by atoms with van der Waals surface area (Å²) in [6.45, 7) is 18.8. The molecule has 5 aliphatic rings. The number of carbonyl (C=O) groups is 1. The van der Waals surface area contributed by atoms with E-state index in [2.05, 4.69) is 48.1 Å². The lowest BCUT2D eigenvalue weighted by molar-refractivity contribution is -0.248. The molecule has 186 valence electrons. The molecule has 0 aromatic heterocycles. The SMILES string of the molecule is C=C(C)[C@@H]1CC[C@@]2(C(=O)O)CC[C@@]3(C)[C@H](CC[C@@H]4[C@@]5(C)CCC(O)C(C)(C)[C@H]5CC[C@]43C)[C@@H]12. The fraction of sp³-hybridized carbons (Fsp3) is 0.900. The standard InChI is InChI=1S/C30H48O3/c1-18(2)19-10-15-30(25(32)33)17-16-28(6)20(24(19)30)8-9-22-27(5)13-12-23(31)26(3,4)21(27)11-14-29(22,28)7/h19-24,31H,1,8-17H2,2-7H3,(H,32,33)/t19-,20+,21+,22+,23?,24+,27-,28-,29+,30+/m0/s1. The van der Waals surface area contributed by atoms with Crippen LogP contribution < -0.4 is 0 Å². The number of aliphatic hydroxyl groups is 1. The van der Waals surface area contributed by atoms with Gasteiger partial charge in [0.1, 0.15) is 0 Å². The summed E-state index contributed by atoms with van der Waals surface area (Å²) in [7, 11) is 0. The Bertz CT molecular complexity index is 861. The van der Waals surface area contributed by atoms with Crippen LogP contribution in [0.25, 0.3) is 0 Å². The molecule has 0 aliphatic heterocycles. The highest BCUT2D eigenvalue weighted by atomic mass is 16.4. The van der Waals surface area contributed by atoms with Gasteiger partial charge in [0.15, 0.2) is 0 Å². The van der Waals surface area contributed by atoms with Crippen LogP contribution in [0.15, 0.2) is 12.2 Å². The van der Waals surface area contributed by atoms with Crippen LogP contribution in [-0.2, 0) is 4.79 Å². The first-order valence-electron chi connectivity index (χ1n) is 13.8. The average Bonchev–Trinajstić information content (AvgIpc) is 3.13. The Morgan fingerprint density at radius 2 is 1.52 bits per heavy atom. The molecule has 0 spiro atoms. The van der Waals surface area contributed by atoms with Gasteiger partial charge in [-0.25, -0.2) is 0 Å². The van der Waals surface area contributed by atoms with Gasteiger partial charge in [-0.2, -0.15) is 0 Å². The first-order valence-corrected chi connectivity index (χ1v) is 13.8. The Morgan fingerprint density at radius 3 is 2.15 bits per heavy atom. The van der Waals surface area contributed by atoms with Crippen LogP contribution in [0.4, 0.5) is 0 Å². The minimum Gasteiger partial charge on any atom is -0.481 e. The molecule has 0 radical (unpaired) electrons. The van der Waals surface area contributed by atoms with Gasteiger partial charge in [-0.05, 0) is 122 Å². The third kappa shape index (κ3) is 2.75. The van der Waals surface area contributed by atoms with Crippen LogP contribution in [0.1, 0.15) is 106 Å². The van der Waals surface area contributed by atoms with Gasteiger partial charge in [-0.1, -0.05) is 46.8 Å². The Morgan fingerprint density at radius 1 is 0.818 bits per heavy atom. The van der Waals surface area contributed by atoms with E-state index in [0.717, 1.165) is 38.5 Å². The van der Waals surface area contributed by atoms with Gasteiger partial charge in [0.2, 0.25) is 0 Å². The number of carboxylic acids is 1. The highest BCUT2D eigenvalue weighted by Crippen LogP contribution is 2.77. The predicted molar refractivity (Wildman–Crippen MR) is 133 cm³/mol. The lowest BCUT2D eigenvalue weighted by Crippen LogP contribution is -2.67. The molecule has 10 atom stereocenters. The molecule has 33 heavy (non-hydrogen) atoms. The molecule has 5 fully saturated rings. The molecule has 3 heteroatoms. The average molecular weight is 457 g/mol. The summed E-state index contributed by atoms with van der Waals surface area (Å²) in [5.74, 6) is 1.79. The van der Waals surface area contributed by atoms with Crippen LogP contribution in [0.2, 0.25) is 0 Å². The summed E-state index contributed by atoms with van der Waals surface area (Å²) < 4.78 is 0. The van der Waals surface area contributed by atoms with Gasteiger partial charge in [0.25, 0.3) is 0 Å². The smallest absolute Gasteiger partial charge is 0.309 e. The molecule has 5 rings (SSSR count). The van der Waals surface area contributed by atoms with E-state index in [4.69, 9.17) is 0 Å². The third-order valence-corrected chi connectivity index (χ3v) is 13.5. The first-order chi connectivity index (χ1) is 15.3. The number of allylic oxidation sites excluding steroid dienone is 1. The summed E-state index contributed by atoms with van der Waals surface area (Å²) in [4.78, 5) is 12.8. The molecule has 0 bridgehead atoms. The number of carboxylic acid groups (broad SMARTS) is 1. The monoisotopic (exact) mass is 456 g/mol. The van der Waals surface area contributed by atoms with Crippen molar-refractivity contribution in [3.05, 3.63) is 12.2 Å². The van der Waals surface area contributed by atoms with Crippen molar-refractivity contribution in [2.24, 2.45) is 56.7 Å². The molecular weight excluding hydrogens is 408 g/mol. The van der Waals surface area contributed by atoms with E-state index >= 15 is 0 Å². The molecule has 1 unspecified atom stereocenters. The molecular formula is C30H48O3. The second-order valence-corrected chi connectivity index (χ2v) is 14.5. The Labute approximate surface area is 201 Å². The maximum absolute atomic E-state index is 12.8. The van der Waals surface area contributed by atoms with Crippen molar-refractivity contribution in [3.8, 4) is 0 Å². The number of aliphatic carboxylic acids is 1. The number of rotatable bonds is 2. The van der Waals surface area contributed by atoms with Gasteiger partial charge in [0, 0.05) is 0 Å². The molecule has 3 nitrogen and oxygen atoms in total. The van der Waals surface area contributed by atoms with E-state index in [-0.39, 0.29) is 33.7 Å². The van der Waals surface area contributed by atoms with Crippen molar-refractivity contribution in [1.29, 1.82) is 0 Å². The van der Waals surface area contributed by atoms with E-state index < -0.39 is 11.4 Å². The van der Waals surface area contributed by atoms with Gasteiger partial charge in [-0.15, -0.1) is 0 Å². The molecule has 0 aromatic rings. The molecule has 0 aromatic carbocycles. The van der Waals surface area contributed by atoms with E-state index in [1.807, 2.05) is 0 Å². The second kappa shape index (κ2) is 7.11. The molecule has 0 amide bonds. The molecule has 2 N–H and O–H groups in total. The zero-order chi connectivity index (χ0) is 24.2. The van der Waals surface area contributed by atoms with Crippen LogP contribution >= 0.6 is 0 Å². The fourth-order valence-electron chi connectivity index (χ4n) is 11.5. The van der Waals surface area contributed by atoms with Crippen LogP contribution in [0, 0.1) is 56.7 Å². The summed E-state index contributed by atoms with van der Waals surface area (Å²) in [5, 5.41) is 21.4. The van der Waals surface area contributed by atoms with Crippen LogP contribution in [0.5, 0.6) is 0 Å². The number of fused-ring (bicyclic) bond motifs is 7. The lowest BCUT2D eigenvalue weighted by atomic mass is 9.32. The predicted octanol–water partition coefficient (Wildman–Crippen LogP) is 7.09. The Kier molecular flexibility index (Phi) is 5.15. The first kappa shape index (κ1) is 23.9. The van der Waals surface area contributed by atoms with Crippen molar-refractivity contribution in [2.45, 2.75) is 112 Å². The van der Waals surface area contributed by atoms with Gasteiger partial charge in [-0.3, -0.25) is 4.79 Å². The third-order valence-electron chi connectivity index (χ3n) is 13.5. The van der Waals surface area contributed by atoms with Crippen molar-refractivity contribution < 1.29 is 15.0 Å².